The van der Waals surface area contributed by atoms with Gasteiger partial charge in [0.15, 0.2) is 11.0 Å². The van der Waals surface area contributed by atoms with Crippen molar-refractivity contribution in [2.24, 2.45) is 0 Å². The fourth-order valence-corrected chi connectivity index (χ4v) is 5.57. The van der Waals surface area contributed by atoms with Gasteiger partial charge in [0.05, 0.1) is 14.2 Å². The van der Waals surface area contributed by atoms with Crippen molar-refractivity contribution < 1.29 is 14.3 Å². The Morgan fingerprint density at radius 3 is 2.28 bits per heavy atom. The molecule has 1 aliphatic heterocycles. The van der Waals surface area contributed by atoms with Crippen molar-refractivity contribution in [3.8, 4) is 28.6 Å². The van der Waals surface area contributed by atoms with E-state index in [1.54, 1.807) is 26.0 Å². The van der Waals surface area contributed by atoms with Crippen molar-refractivity contribution in [3.05, 3.63) is 78.9 Å². The molecule has 39 heavy (non-hydrogen) atoms. The van der Waals surface area contributed by atoms with E-state index in [0.29, 0.717) is 6.42 Å². The van der Waals surface area contributed by atoms with Crippen molar-refractivity contribution >= 4 is 23.4 Å². The number of amides is 1. The van der Waals surface area contributed by atoms with Gasteiger partial charge in [0.2, 0.25) is 5.91 Å². The van der Waals surface area contributed by atoms with E-state index < -0.39 is 0 Å². The minimum atomic E-state index is 0.214. The average Bonchev–Trinajstić information content (AvgIpc) is 3.43. The summed E-state index contributed by atoms with van der Waals surface area (Å²) in [7, 11) is 3.33. The molecule has 0 atom stereocenters. The molecule has 1 fully saturated rings. The Kier molecular flexibility index (Phi) is 8.68. The summed E-state index contributed by atoms with van der Waals surface area (Å²) in [5.74, 6) is 3.37. The van der Waals surface area contributed by atoms with Gasteiger partial charge in [-0.3, -0.25) is 9.36 Å². The lowest BCUT2D eigenvalue weighted by atomic mass is 10.2. The molecular weight excluding hydrogens is 510 g/mol. The van der Waals surface area contributed by atoms with Crippen LogP contribution in [0.5, 0.6) is 11.5 Å². The van der Waals surface area contributed by atoms with Gasteiger partial charge in [0.1, 0.15) is 11.5 Å². The molecule has 1 saturated heterocycles. The number of carbonyl (C=O) groups is 1. The summed E-state index contributed by atoms with van der Waals surface area (Å²) in [5.41, 5.74) is 3.09. The van der Waals surface area contributed by atoms with Crippen LogP contribution in [0, 0.1) is 0 Å². The molecule has 0 N–H and O–H groups in total. The maximum absolute atomic E-state index is 12.9. The van der Waals surface area contributed by atoms with E-state index in [1.807, 2.05) is 71.6 Å². The van der Waals surface area contributed by atoms with Crippen molar-refractivity contribution in [2.45, 2.75) is 18.0 Å². The standard InChI is InChI=1S/C30H33N5O3S/c1-37-26-15-13-24(14-16-26)33-17-19-34(20-18-33)28(36)12-7-21-39-30-32-31-29(23-8-6-11-27(22-23)38-2)35(30)25-9-4-3-5-10-25/h3-6,8-11,13-16,22H,7,12,17-21H2,1-2H3. The first-order valence-electron chi connectivity index (χ1n) is 13.1. The van der Waals surface area contributed by atoms with Crippen LogP contribution in [-0.4, -0.2) is 71.7 Å². The summed E-state index contributed by atoms with van der Waals surface area (Å²) in [6, 6.07) is 26.0. The Labute approximate surface area is 233 Å². The van der Waals surface area contributed by atoms with Crippen LogP contribution < -0.4 is 14.4 Å². The second-order valence-corrected chi connectivity index (χ2v) is 10.3. The number of rotatable bonds is 10. The third kappa shape index (κ3) is 6.37. The smallest absolute Gasteiger partial charge is 0.222 e. The Balaban J connectivity index is 1.17. The second kappa shape index (κ2) is 12.7. The van der Waals surface area contributed by atoms with E-state index in [-0.39, 0.29) is 5.91 Å². The monoisotopic (exact) mass is 543 g/mol. The van der Waals surface area contributed by atoms with Crippen LogP contribution >= 0.6 is 11.8 Å². The molecular formula is C30H33N5O3S. The van der Waals surface area contributed by atoms with E-state index >= 15 is 0 Å². The predicted octanol–water partition coefficient (Wildman–Crippen LogP) is 5.17. The molecule has 5 rings (SSSR count). The molecule has 202 valence electrons. The number of aromatic nitrogens is 3. The van der Waals surface area contributed by atoms with Gasteiger partial charge in [-0.1, -0.05) is 42.1 Å². The topological polar surface area (TPSA) is 72.7 Å². The highest BCUT2D eigenvalue weighted by atomic mass is 32.2. The zero-order valence-electron chi connectivity index (χ0n) is 22.3. The Hall–Kier alpha value is -3.98. The van der Waals surface area contributed by atoms with Crippen molar-refractivity contribution in [2.75, 3.05) is 51.1 Å². The van der Waals surface area contributed by atoms with Gasteiger partial charge < -0.3 is 19.3 Å². The van der Waals surface area contributed by atoms with Crippen LogP contribution in [0.25, 0.3) is 17.1 Å². The highest BCUT2D eigenvalue weighted by molar-refractivity contribution is 7.99. The number of ether oxygens (including phenoxy) is 2. The molecule has 4 aromatic rings. The number of hydrogen-bond acceptors (Lipinski definition) is 7. The molecule has 0 bridgehead atoms. The first kappa shape index (κ1) is 26.6. The molecule has 8 nitrogen and oxygen atoms in total. The number of anilines is 1. The number of methoxy groups -OCH3 is 2. The zero-order chi connectivity index (χ0) is 27.0. The van der Waals surface area contributed by atoms with Gasteiger partial charge in [-0.15, -0.1) is 10.2 Å². The normalized spacial score (nSPS) is 13.4. The highest BCUT2D eigenvalue weighted by Gasteiger charge is 2.21. The Bertz CT molecular complexity index is 1370. The maximum atomic E-state index is 12.9. The van der Waals surface area contributed by atoms with Gasteiger partial charge in [-0.05, 0) is 55.0 Å². The van der Waals surface area contributed by atoms with Crippen molar-refractivity contribution in [3.63, 3.8) is 0 Å². The fourth-order valence-electron chi connectivity index (χ4n) is 4.67. The molecule has 0 spiro atoms. The summed E-state index contributed by atoms with van der Waals surface area (Å²) in [5, 5.41) is 9.83. The molecule has 3 aromatic carbocycles. The molecule has 1 aromatic heterocycles. The number of nitrogens with zero attached hydrogens (tertiary/aromatic N) is 5. The van der Waals surface area contributed by atoms with E-state index in [9.17, 15) is 4.79 Å². The zero-order valence-corrected chi connectivity index (χ0v) is 23.1. The minimum Gasteiger partial charge on any atom is -0.497 e. The SMILES string of the molecule is COc1ccc(N2CCN(C(=O)CCCSc3nnc(-c4cccc(OC)c4)n3-c3ccccc3)CC2)cc1. The Morgan fingerprint density at radius 2 is 1.56 bits per heavy atom. The third-order valence-electron chi connectivity index (χ3n) is 6.81. The molecule has 9 heteroatoms. The maximum Gasteiger partial charge on any atom is 0.222 e. The van der Waals surface area contributed by atoms with Gasteiger partial charge in [-0.25, -0.2) is 0 Å². The van der Waals surface area contributed by atoms with Crippen LogP contribution in [0.2, 0.25) is 0 Å². The fraction of sp³-hybridized carbons (Fsp3) is 0.300. The first-order chi connectivity index (χ1) is 19.2. The number of thioether (sulfide) groups is 1. The van der Waals surface area contributed by atoms with Gasteiger partial charge in [0.25, 0.3) is 0 Å². The molecule has 0 radical (unpaired) electrons. The van der Waals surface area contributed by atoms with Gasteiger partial charge in [0, 0.05) is 55.3 Å². The van der Waals surface area contributed by atoms with E-state index in [1.165, 1.54) is 0 Å². The second-order valence-electron chi connectivity index (χ2n) is 9.23. The third-order valence-corrected chi connectivity index (χ3v) is 7.83. The molecule has 2 heterocycles. The van der Waals surface area contributed by atoms with Crippen LogP contribution in [0.1, 0.15) is 12.8 Å². The number of benzene rings is 3. The lowest BCUT2D eigenvalue weighted by Crippen LogP contribution is -2.48. The molecule has 0 saturated carbocycles. The average molecular weight is 544 g/mol. The van der Waals surface area contributed by atoms with Crippen LogP contribution in [0.15, 0.2) is 84.0 Å². The summed E-state index contributed by atoms with van der Waals surface area (Å²) >= 11 is 1.63. The van der Waals surface area contributed by atoms with Gasteiger partial charge >= 0.3 is 0 Å². The van der Waals surface area contributed by atoms with E-state index in [4.69, 9.17) is 9.47 Å². The van der Waals surface area contributed by atoms with E-state index in [2.05, 4.69) is 31.8 Å². The quantitative estimate of drug-likeness (QED) is 0.202. The summed E-state index contributed by atoms with van der Waals surface area (Å²) in [6.45, 7) is 3.15. The number of para-hydroxylation sites is 1. The lowest BCUT2D eigenvalue weighted by Gasteiger charge is -2.36. The van der Waals surface area contributed by atoms with Crippen molar-refractivity contribution in [1.82, 2.24) is 19.7 Å². The summed E-state index contributed by atoms with van der Waals surface area (Å²) in [6.07, 6.45) is 1.30. The van der Waals surface area contributed by atoms with Crippen LogP contribution in [-0.2, 0) is 4.79 Å². The van der Waals surface area contributed by atoms with Crippen LogP contribution in [0.4, 0.5) is 5.69 Å². The molecule has 0 aliphatic carbocycles. The first-order valence-corrected chi connectivity index (χ1v) is 14.1. The number of carbonyl (C=O) groups excluding carboxylic acids is 1. The summed E-state index contributed by atoms with van der Waals surface area (Å²) < 4.78 is 12.7. The summed E-state index contributed by atoms with van der Waals surface area (Å²) in [4.78, 5) is 17.2. The lowest BCUT2D eigenvalue weighted by molar-refractivity contribution is -0.131. The van der Waals surface area contributed by atoms with Crippen molar-refractivity contribution in [1.29, 1.82) is 0 Å². The molecule has 0 unspecified atom stereocenters. The largest absolute Gasteiger partial charge is 0.497 e. The minimum absolute atomic E-state index is 0.214. The number of hydrogen-bond donors (Lipinski definition) is 0. The molecule has 1 aliphatic rings. The van der Waals surface area contributed by atoms with Gasteiger partial charge in [-0.2, -0.15) is 0 Å². The van der Waals surface area contributed by atoms with Crippen LogP contribution in [0.3, 0.4) is 0 Å². The highest BCUT2D eigenvalue weighted by Crippen LogP contribution is 2.30. The molecule has 1 amide bonds. The Morgan fingerprint density at radius 1 is 0.821 bits per heavy atom. The predicted molar refractivity (Wildman–Crippen MR) is 155 cm³/mol. The van der Waals surface area contributed by atoms with E-state index in [0.717, 1.165) is 77.8 Å². The number of piperazine rings is 1.